The largest absolute Gasteiger partial charge is 0.349 e. The van der Waals surface area contributed by atoms with Gasteiger partial charge in [0.05, 0.1) is 0 Å². The zero-order valence-corrected chi connectivity index (χ0v) is 9.02. The van der Waals surface area contributed by atoms with Crippen LogP contribution in [0.2, 0.25) is 0 Å². The van der Waals surface area contributed by atoms with Gasteiger partial charge in [-0.3, -0.25) is 0 Å². The van der Waals surface area contributed by atoms with E-state index in [9.17, 15) is 0 Å². The van der Waals surface area contributed by atoms with Crippen molar-refractivity contribution in [3.05, 3.63) is 11.8 Å². The lowest BCUT2D eigenvalue weighted by Gasteiger charge is -2.16. The molecule has 3 heteroatoms. The van der Waals surface area contributed by atoms with Crippen LogP contribution in [0.25, 0.3) is 0 Å². The molecule has 0 saturated carbocycles. The Kier molecular flexibility index (Phi) is 5.58. The van der Waals surface area contributed by atoms with Crippen molar-refractivity contribution in [2.45, 2.75) is 20.1 Å². The maximum absolute atomic E-state index is 5.26. The SMILES string of the molecule is C=C([SiH3])C(OCC)OCC. The maximum atomic E-state index is 5.26. The first-order valence-electron chi connectivity index (χ1n) is 3.61. The molecule has 60 valence electrons. The highest BCUT2D eigenvalue weighted by atomic mass is 28.1. The summed E-state index contributed by atoms with van der Waals surface area (Å²) in [4.78, 5) is 0. The third-order valence-corrected chi connectivity index (χ3v) is 1.51. The van der Waals surface area contributed by atoms with E-state index in [2.05, 4.69) is 6.58 Å². The summed E-state index contributed by atoms with van der Waals surface area (Å²) in [7, 11) is 0.936. The van der Waals surface area contributed by atoms with E-state index in [0.717, 1.165) is 15.4 Å². The van der Waals surface area contributed by atoms with Crippen molar-refractivity contribution in [2.75, 3.05) is 13.2 Å². The van der Waals surface area contributed by atoms with Gasteiger partial charge in [0.25, 0.3) is 0 Å². The minimum Gasteiger partial charge on any atom is -0.349 e. The van der Waals surface area contributed by atoms with Gasteiger partial charge in [-0.15, -0.1) is 0 Å². The number of hydrogen-bond donors (Lipinski definition) is 0. The molecular weight excluding hydrogens is 144 g/mol. The molecule has 0 aliphatic rings. The molecule has 0 aliphatic carbocycles. The Hall–Kier alpha value is -0.123. The van der Waals surface area contributed by atoms with Gasteiger partial charge in [-0.05, 0) is 19.0 Å². The lowest BCUT2D eigenvalue weighted by Crippen LogP contribution is -2.19. The van der Waals surface area contributed by atoms with Crippen LogP contribution >= 0.6 is 0 Å². The molecule has 0 unspecified atom stereocenters. The minimum absolute atomic E-state index is 0.151. The summed E-state index contributed by atoms with van der Waals surface area (Å²) in [5, 5.41) is 1.06. The van der Waals surface area contributed by atoms with Gasteiger partial charge in [-0.2, -0.15) is 0 Å². The van der Waals surface area contributed by atoms with Crippen molar-refractivity contribution in [2.24, 2.45) is 0 Å². The van der Waals surface area contributed by atoms with Gasteiger partial charge < -0.3 is 9.47 Å². The Morgan fingerprint density at radius 1 is 1.40 bits per heavy atom. The predicted molar refractivity (Wildman–Crippen MR) is 46.1 cm³/mol. The second-order valence-electron chi connectivity index (χ2n) is 2.09. The fourth-order valence-electron chi connectivity index (χ4n) is 0.635. The summed E-state index contributed by atoms with van der Waals surface area (Å²) in [6.07, 6.45) is -0.151. The molecule has 0 atom stereocenters. The molecule has 0 aromatic rings. The van der Waals surface area contributed by atoms with Crippen molar-refractivity contribution < 1.29 is 9.47 Å². The van der Waals surface area contributed by atoms with Gasteiger partial charge in [0, 0.05) is 23.5 Å². The van der Waals surface area contributed by atoms with Crippen LogP contribution in [-0.4, -0.2) is 29.7 Å². The maximum Gasteiger partial charge on any atom is 0.174 e. The van der Waals surface area contributed by atoms with Crippen LogP contribution in [0.4, 0.5) is 0 Å². The molecule has 0 aliphatic heterocycles. The molecule has 0 aromatic carbocycles. The molecule has 0 fully saturated rings. The Labute approximate surface area is 65.6 Å². The highest BCUT2D eigenvalue weighted by molar-refractivity contribution is 6.21. The highest BCUT2D eigenvalue weighted by Gasteiger charge is 2.06. The Morgan fingerprint density at radius 3 is 2.00 bits per heavy atom. The van der Waals surface area contributed by atoms with Gasteiger partial charge in [-0.1, -0.05) is 6.58 Å². The van der Waals surface area contributed by atoms with E-state index in [0.29, 0.717) is 13.2 Å². The van der Waals surface area contributed by atoms with Crippen molar-refractivity contribution in [3.63, 3.8) is 0 Å². The Morgan fingerprint density at radius 2 is 1.80 bits per heavy atom. The highest BCUT2D eigenvalue weighted by Crippen LogP contribution is 2.01. The quantitative estimate of drug-likeness (QED) is 0.424. The second kappa shape index (κ2) is 5.65. The fraction of sp³-hybridized carbons (Fsp3) is 0.714. The molecule has 0 amide bonds. The van der Waals surface area contributed by atoms with Gasteiger partial charge in [-0.25, -0.2) is 0 Å². The molecule has 0 aromatic heterocycles. The van der Waals surface area contributed by atoms with E-state index < -0.39 is 0 Å². The average molecular weight is 160 g/mol. The van der Waals surface area contributed by atoms with Gasteiger partial charge >= 0.3 is 0 Å². The van der Waals surface area contributed by atoms with Crippen LogP contribution < -0.4 is 0 Å². The molecule has 0 bridgehead atoms. The van der Waals surface area contributed by atoms with E-state index in [4.69, 9.17) is 9.47 Å². The van der Waals surface area contributed by atoms with Crippen molar-refractivity contribution in [1.29, 1.82) is 0 Å². The molecule has 0 saturated heterocycles. The minimum atomic E-state index is -0.151. The zero-order chi connectivity index (χ0) is 7.98. The molecule has 0 heterocycles. The lowest BCUT2D eigenvalue weighted by molar-refractivity contribution is -0.106. The summed E-state index contributed by atoms with van der Waals surface area (Å²) in [6.45, 7) is 9.09. The molecule has 0 radical (unpaired) electrons. The second-order valence-corrected chi connectivity index (χ2v) is 3.37. The molecule has 10 heavy (non-hydrogen) atoms. The van der Waals surface area contributed by atoms with Crippen LogP contribution in [0.1, 0.15) is 13.8 Å². The lowest BCUT2D eigenvalue weighted by atomic mass is 10.6. The van der Waals surface area contributed by atoms with Crippen molar-refractivity contribution >= 4 is 10.2 Å². The molecule has 0 N–H and O–H groups in total. The Bertz CT molecular complexity index is 97.8. The van der Waals surface area contributed by atoms with E-state index in [1.165, 1.54) is 0 Å². The molecular formula is C7H16O2Si. The molecule has 2 nitrogen and oxygen atoms in total. The van der Waals surface area contributed by atoms with Gasteiger partial charge in [0.2, 0.25) is 0 Å². The predicted octanol–water partition coefficient (Wildman–Crippen LogP) is 0.265. The Balaban J connectivity index is 3.61. The average Bonchev–Trinajstić information content (AvgIpc) is 1.87. The first-order chi connectivity index (χ1) is 4.72. The standard InChI is InChI=1S/C7H16O2Si/c1-4-8-7(6(3)10)9-5-2/h7H,3-5H2,1-2,10H3. The van der Waals surface area contributed by atoms with Crippen molar-refractivity contribution in [3.8, 4) is 0 Å². The summed E-state index contributed by atoms with van der Waals surface area (Å²) in [5.41, 5.74) is 0. The number of rotatable bonds is 5. The van der Waals surface area contributed by atoms with Crippen LogP contribution in [0.15, 0.2) is 11.8 Å². The summed E-state index contributed by atoms with van der Waals surface area (Å²) < 4.78 is 10.5. The smallest absolute Gasteiger partial charge is 0.174 e. The van der Waals surface area contributed by atoms with Crippen LogP contribution in [0.3, 0.4) is 0 Å². The topological polar surface area (TPSA) is 18.5 Å². The van der Waals surface area contributed by atoms with Gasteiger partial charge in [0.15, 0.2) is 6.29 Å². The molecule has 0 spiro atoms. The summed E-state index contributed by atoms with van der Waals surface area (Å²) in [6, 6.07) is 0. The zero-order valence-electron chi connectivity index (χ0n) is 7.02. The molecule has 0 rings (SSSR count). The fourth-order valence-corrected chi connectivity index (χ4v) is 0.969. The third-order valence-electron chi connectivity index (χ3n) is 1.04. The van der Waals surface area contributed by atoms with E-state index in [-0.39, 0.29) is 6.29 Å². The van der Waals surface area contributed by atoms with Gasteiger partial charge in [0.1, 0.15) is 0 Å². The van der Waals surface area contributed by atoms with E-state index >= 15 is 0 Å². The number of hydrogen-bond acceptors (Lipinski definition) is 2. The van der Waals surface area contributed by atoms with Crippen molar-refractivity contribution in [1.82, 2.24) is 0 Å². The van der Waals surface area contributed by atoms with Crippen LogP contribution in [0, 0.1) is 0 Å². The number of ether oxygens (including phenoxy) is 2. The first kappa shape index (κ1) is 9.88. The normalized spacial score (nSPS) is 10.7. The third kappa shape index (κ3) is 3.82. The summed E-state index contributed by atoms with van der Waals surface area (Å²) in [5.74, 6) is 0. The van der Waals surface area contributed by atoms with E-state index in [1.807, 2.05) is 13.8 Å². The van der Waals surface area contributed by atoms with Crippen LogP contribution in [0.5, 0.6) is 0 Å². The first-order valence-corrected chi connectivity index (χ1v) is 4.61. The monoisotopic (exact) mass is 160 g/mol. The summed E-state index contributed by atoms with van der Waals surface area (Å²) >= 11 is 0. The van der Waals surface area contributed by atoms with Crippen LogP contribution in [-0.2, 0) is 9.47 Å². The van der Waals surface area contributed by atoms with E-state index in [1.54, 1.807) is 0 Å².